The van der Waals surface area contributed by atoms with Crippen LogP contribution in [0.4, 0.5) is 0 Å². The normalized spacial score (nSPS) is 8.83. The van der Waals surface area contributed by atoms with Gasteiger partial charge in [-0.25, -0.2) is 0 Å². The summed E-state index contributed by atoms with van der Waals surface area (Å²) in [5, 5.41) is 10.4. The van der Waals surface area contributed by atoms with Gasteiger partial charge in [-0.3, -0.25) is 4.98 Å². The first-order valence-electron chi connectivity index (χ1n) is 3.26. The fourth-order valence-electron chi connectivity index (χ4n) is 0.844. The molecule has 1 aromatic rings. The Kier molecular flexibility index (Phi) is 5.72. The van der Waals surface area contributed by atoms with Crippen LogP contribution in [0.5, 0.6) is 0 Å². The minimum Gasteiger partial charge on any atom is -0.545 e. The quantitative estimate of drug-likeness (QED) is 0.554. The van der Waals surface area contributed by atoms with Crippen molar-refractivity contribution in [1.29, 1.82) is 0 Å². The molecule has 0 saturated carbocycles. The van der Waals surface area contributed by atoms with Crippen LogP contribution in [0.1, 0.15) is 21.6 Å². The molecule has 58 valence electrons. The van der Waals surface area contributed by atoms with E-state index in [1.165, 1.54) is 0 Å². The molecule has 0 unspecified atom stereocenters. The van der Waals surface area contributed by atoms with Crippen LogP contribution in [-0.4, -0.2) is 11.0 Å². The van der Waals surface area contributed by atoms with Gasteiger partial charge >= 0.3 is 68.9 Å². The summed E-state index contributed by atoms with van der Waals surface area (Å²) < 4.78 is 0. The van der Waals surface area contributed by atoms with Gasteiger partial charge in [-0.05, 0) is 25.5 Å². The third kappa shape index (κ3) is 3.20. The van der Waals surface area contributed by atoms with Gasteiger partial charge in [-0.1, -0.05) is 0 Å². The Morgan fingerprint density at radius 1 is 1.50 bits per heavy atom. The van der Waals surface area contributed by atoms with Crippen LogP contribution >= 0.6 is 0 Å². The maximum absolute atomic E-state index is 10.4. The molecule has 3 nitrogen and oxygen atoms in total. The van der Waals surface area contributed by atoms with Gasteiger partial charge in [0.15, 0.2) is 0 Å². The molecular weight excluding hydrogens is 275 g/mol. The zero-order chi connectivity index (χ0) is 8.43. The number of nitrogens with zero attached hydrogens (tertiary/aromatic N) is 1. The Bertz CT molecular complexity index is 299. The molecule has 0 aliphatic carbocycles. The number of hydrogen-bond acceptors (Lipinski definition) is 3. The molecule has 0 aliphatic rings. The second-order valence-electron chi connectivity index (χ2n) is 2.43. The smallest absolute Gasteiger partial charge is 0.545 e. The fraction of sp³-hybridized carbons (Fsp3) is 0.250. The third-order valence-electron chi connectivity index (χ3n) is 1.44. The van der Waals surface area contributed by atoms with Crippen LogP contribution in [0, 0.1) is 13.8 Å². The summed E-state index contributed by atoms with van der Waals surface area (Å²) in [4.78, 5) is 14.3. The number of carboxylic acid groups (broad SMARTS) is 1. The molecule has 0 saturated heterocycles. The first-order chi connectivity index (χ1) is 5.11. The summed E-state index contributed by atoms with van der Waals surface area (Å²) in [6.45, 7) is 3.43. The predicted octanol–water partition coefficient (Wildman–Crippen LogP) is -2.93. The average Bonchev–Trinajstić information content (AvgIpc) is 1.94. The van der Waals surface area contributed by atoms with Crippen LogP contribution in [-0.2, 0) is 0 Å². The number of hydrogen-bond donors (Lipinski definition) is 0. The molecule has 0 atom stereocenters. The van der Waals surface area contributed by atoms with Crippen LogP contribution < -0.4 is 74.0 Å². The van der Waals surface area contributed by atoms with E-state index in [9.17, 15) is 9.90 Å². The minimum absolute atomic E-state index is 0. The first-order valence-corrected chi connectivity index (χ1v) is 3.26. The van der Waals surface area contributed by atoms with Crippen molar-refractivity contribution in [3.05, 3.63) is 29.1 Å². The minimum atomic E-state index is -1.17. The summed E-state index contributed by atoms with van der Waals surface area (Å²) in [5.41, 5.74) is 1.50. The summed E-state index contributed by atoms with van der Waals surface area (Å²) in [7, 11) is 0. The molecule has 0 radical (unpaired) electrons. The van der Waals surface area contributed by atoms with Gasteiger partial charge in [0, 0.05) is 17.5 Å². The standard InChI is InChI=1S/C8H9NO2.Cs/c1-5-3-7(8(10)11)6(2)9-4-5;/h3-4H,1-2H3,(H,10,11);/q;+1/p-1. The zero-order valence-corrected chi connectivity index (χ0v) is 13.7. The van der Waals surface area contributed by atoms with Gasteiger partial charge in [0.25, 0.3) is 0 Å². The van der Waals surface area contributed by atoms with Crippen LogP contribution in [0.3, 0.4) is 0 Å². The number of aromatic carboxylic acids is 1. The van der Waals surface area contributed by atoms with E-state index in [1.54, 1.807) is 26.1 Å². The Hall–Kier alpha value is 0.672. The monoisotopic (exact) mass is 283 g/mol. The van der Waals surface area contributed by atoms with E-state index in [4.69, 9.17) is 0 Å². The molecule has 0 fully saturated rings. The number of carbonyl (C=O) groups excluding carboxylic acids is 1. The van der Waals surface area contributed by atoms with Crippen LogP contribution in [0.25, 0.3) is 0 Å². The number of pyridine rings is 1. The molecule has 1 heterocycles. The summed E-state index contributed by atoms with van der Waals surface area (Å²) in [6.07, 6.45) is 1.63. The number of aromatic nitrogens is 1. The number of rotatable bonds is 1. The first kappa shape index (κ1) is 12.7. The van der Waals surface area contributed by atoms with E-state index in [1.807, 2.05) is 0 Å². The van der Waals surface area contributed by atoms with E-state index in [2.05, 4.69) is 4.98 Å². The number of aryl methyl sites for hydroxylation is 2. The maximum atomic E-state index is 10.4. The van der Waals surface area contributed by atoms with Crippen molar-refractivity contribution in [3.63, 3.8) is 0 Å². The van der Waals surface area contributed by atoms with E-state index in [0.29, 0.717) is 5.69 Å². The molecule has 0 aliphatic heterocycles. The van der Waals surface area contributed by atoms with Crippen molar-refractivity contribution in [3.8, 4) is 0 Å². The molecule has 0 amide bonds. The van der Waals surface area contributed by atoms with Gasteiger partial charge in [0.05, 0.1) is 5.97 Å². The van der Waals surface area contributed by atoms with Gasteiger partial charge in [-0.2, -0.15) is 0 Å². The molecule has 4 heteroatoms. The van der Waals surface area contributed by atoms with Crippen molar-refractivity contribution in [1.82, 2.24) is 4.98 Å². The SMILES string of the molecule is Cc1cnc(C)c(C(=O)[O-])c1.[Cs+]. The maximum Gasteiger partial charge on any atom is 1.00 e. The Balaban J connectivity index is 0.00000121. The molecule has 0 N–H and O–H groups in total. The van der Waals surface area contributed by atoms with Crippen molar-refractivity contribution < 1.29 is 78.8 Å². The largest absolute Gasteiger partial charge is 1.00 e. The summed E-state index contributed by atoms with van der Waals surface area (Å²) >= 11 is 0. The van der Waals surface area contributed by atoms with Crippen molar-refractivity contribution in [2.24, 2.45) is 0 Å². The zero-order valence-electron chi connectivity index (χ0n) is 7.42. The average molecular weight is 283 g/mol. The summed E-state index contributed by atoms with van der Waals surface area (Å²) in [6, 6.07) is 1.55. The van der Waals surface area contributed by atoms with Gasteiger partial charge in [-0.15, -0.1) is 0 Å². The van der Waals surface area contributed by atoms with Gasteiger partial charge in [0.1, 0.15) is 0 Å². The Morgan fingerprint density at radius 3 is 2.50 bits per heavy atom. The molecule has 12 heavy (non-hydrogen) atoms. The van der Waals surface area contributed by atoms with Crippen molar-refractivity contribution >= 4 is 5.97 Å². The Morgan fingerprint density at radius 2 is 2.08 bits per heavy atom. The van der Waals surface area contributed by atoms with Crippen molar-refractivity contribution in [2.75, 3.05) is 0 Å². The van der Waals surface area contributed by atoms with E-state index < -0.39 is 5.97 Å². The number of carboxylic acids is 1. The van der Waals surface area contributed by atoms with E-state index >= 15 is 0 Å². The molecule has 0 aromatic carbocycles. The van der Waals surface area contributed by atoms with Crippen LogP contribution in [0.15, 0.2) is 12.3 Å². The van der Waals surface area contributed by atoms with Crippen molar-refractivity contribution in [2.45, 2.75) is 13.8 Å². The third-order valence-corrected chi connectivity index (χ3v) is 1.44. The fourth-order valence-corrected chi connectivity index (χ4v) is 0.844. The summed E-state index contributed by atoms with van der Waals surface area (Å²) in [5.74, 6) is -1.17. The van der Waals surface area contributed by atoms with Crippen LogP contribution in [0.2, 0.25) is 0 Å². The van der Waals surface area contributed by atoms with E-state index in [0.717, 1.165) is 5.56 Å². The molecule has 0 spiro atoms. The Labute approximate surface area is 130 Å². The predicted molar refractivity (Wildman–Crippen MR) is 38.0 cm³/mol. The molecular formula is C8H8CsNO2. The second kappa shape index (κ2) is 5.41. The molecule has 1 rings (SSSR count). The second-order valence-corrected chi connectivity index (χ2v) is 2.43. The van der Waals surface area contributed by atoms with E-state index in [-0.39, 0.29) is 74.5 Å². The van der Waals surface area contributed by atoms with Gasteiger partial charge in [0.2, 0.25) is 0 Å². The molecule has 0 bridgehead atoms. The number of carbonyl (C=O) groups is 1. The van der Waals surface area contributed by atoms with Gasteiger partial charge < -0.3 is 9.90 Å². The molecule has 1 aromatic heterocycles. The topological polar surface area (TPSA) is 53.0 Å².